The van der Waals surface area contributed by atoms with E-state index in [-0.39, 0.29) is 23.7 Å². The lowest BCUT2D eigenvalue weighted by Gasteiger charge is -2.24. The molecule has 7 heteroatoms. The van der Waals surface area contributed by atoms with E-state index in [4.69, 9.17) is 28.9 Å². The number of likely N-dealkylation sites (N-methyl/N-ethyl adjacent to an activating group) is 1. The third-order valence-corrected chi connectivity index (χ3v) is 5.06. The Labute approximate surface area is 154 Å². The molecule has 0 aliphatic carbocycles. The predicted molar refractivity (Wildman–Crippen MR) is 98.4 cm³/mol. The summed E-state index contributed by atoms with van der Waals surface area (Å²) in [7, 11) is 1.81. The molecule has 1 atom stereocenters. The average molecular weight is 381 g/mol. The number of nitrogens with zero attached hydrogens (tertiary/aromatic N) is 2. The summed E-state index contributed by atoms with van der Waals surface area (Å²) >= 11 is 11.9. The molecule has 1 aromatic carbocycles. The van der Waals surface area contributed by atoms with Crippen molar-refractivity contribution in [3.05, 3.63) is 33.8 Å². The van der Waals surface area contributed by atoms with Crippen molar-refractivity contribution in [1.29, 1.82) is 0 Å². The maximum atomic E-state index is 12.3. The first-order chi connectivity index (χ1) is 10.3. The normalized spacial score (nSPS) is 21.1. The first-order valence-electron chi connectivity index (χ1n) is 7.43. The molecule has 2 N–H and O–H groups in total. The van der Waals surface area contributed by atoms with E-state index < -0.39 is 0 Å². The highest BCUT2D eigenvalue weighted by Crippen LogP contribution is 2.28. The van der Waals surface area contributed by atoms with Gasteiger partial charge in [0.2, 0.25) is 5.91 Å². The van der Waals surface area contributed by atoms with Gasteiger partial charge in [0, 0.05) is 20.1 Å². The Kier molecular flexibility index (Phi) is 7.62. The molecule has 130 valence electrons. The number of nitrogens with two attached hydrogens (primary N) is 1. The first-order valence-corrected chi connectivity index (χ1v) is 8.19. The van der Waals surface area contributed by atoms with Gasteiger partial charge < -0.3 is 10.6 Å². The Bertz CT molecular complexity index is 555. The van der Waals surface area contributed by atoms with Crippen molar-refractivity contribution in [2.75, 3.05) is 33.2 Å². The van der Waals surface area contributed by atoms with E-state index in [1.807, 2.05) is 13.1 Å². The van der Waals surface area contributed by atoms with Gasteiger partial charge in [-0.05, 0) is 42.6 Å². The Hall–Kier alpha value is -0.520. The highest BCUT2D eigenvalue weighted by atomic mass is 35.5. The molecule has 1 heterocycles. The van der Waals surface area contributed by atoms with Crippen molar-refractivity contribution < 1.29 is 4.79 Å². The van der Waals surface area contributed by atoms with E-state index in [1.54, 1.807) is 17.0 Å². The van der Waals surface area contributed by atoms with Crippen molar-refractivity contribution in [2.45, 2.75) is 19.9 Å². The molecule has 1 amide bonds. The van der Waals surface area contributed by atoms with Gasteiger partial charge in [-0.15, -0.1) is 12.4 Å². The van der Waals surface area contributed by atoms with Crippen LogP contribution in [-0.2, 0) is 11.3 Å². The first kappa shape index (κ1) is 20.5. The third-order valence-electron chi connectivity index (χ3n) is 4.32. The summed E-state index contributed by atoms with van der Waals surface area (Å²) in [5.41, 5.74) is 6.92. The summed E-state index contributed by atoms with van der Waals surface area (Å²) < 4.78 is 0. The molecule has 4 nitrogen and oxygen atoms in total. The lowest BCUT2D eigenvalue weighted by molar-refractivity contribution is -0.131. The number of likely N-dealkylation sites (tertiary alicyclic amines) is 1. The SMILES string of the molecule is CN(Cc1ccc(Cl)c(Cl)c1)C(=O)CN1CCC(C)(CN)C1.Cl. The molecule has 1 aliphatic rings. The van der Waals surface area contributed by atoms with Crippen LogP contribution in [0, 0.1) is 5.41 Å². The van der Waals surface area contributed by atoms with Gasteiger partial charge in [0.25, 0.3) is 0 Å². The molecule has 1 aromatic rings. The van der Waals surface area contributed by atoms with E-state index in [0.717, 1.165) is 25.1 Å². The number of amides is 1. The summed E-state index contributed by atoms with van der Waals surface area (Å²) in [6.07, 6.45) is 1.05. The van der Waals surface area contributed by atoms with Crippen LogP contribution in [0.15, 0.2) is 18.2 Å². The van der Waals surface area contributed by atoms with Gasteiger partial charge in [-0.25, -0.2) is 0 Å². The largest absolute Gasteiger partial charge is 0.340 e. The van der Waals surface area contributed by atoms with Gasteiger partial charge in [-0.1, -0.05) is 36.2 Å². The number of hydrogen-bond acceptors (Lipinski definition) is 3. The highest BCUT2D eigenvalue weighted by molar-refractivity contribution is 6.42. The number of rotatable bonds is 5. The second-order valence-electron chi connectivity index (χ2n) is 6.47. The predicted octanol–water partition coefficient (Wildman–Crippen LogP) is 3.04. The lowest BCUT2D eigenvalue weighted by atomic mass is 9.90. The molecule has 0 radical (unpaired) electrons. The molecular formula is C16H24Cl3N3O. The van der Waals surface area contributed by atoms with E-state index in [0.29, 0.717) is 29.7 Å². The topological polar surface area (TPSA) is 49.6 Å². The third kappa shape index (κ3) is 5.50. The monoisotopic (exact) mass is 379 g/mol. The van der Waals surface area contributed by atoms with Crippen molar-refractivity contribution >= 4 is 41.5 Å². The van der Waals surface area contributed by atoms with Crippen LogP contribution in [0.4, 0.5) is 0 Å². The molecule has 0 bridgehead atoms. The van der Waals surface area contributed by atoms with Crippen LogP contribution in [0.25, 0.3) is 0 Å². The maximum Gasteiger partial charge on any atom is 0.236 e. The van der Waals surface area contributed by atoms with Crippen molar-refractivity contribution in [3.63, 3.8) is 0 Å². The van der Waals surface area contributed by atoms with Gasteiger partial charge in [0.15, 0.2) is 0 Å². The number of carbonyl (C=O) groups excluding carboxylic acids is 1. The molecule has 1 unspecified atom stereocenters. The van der Waals surface area contributed by atoms with Gasteiger partial charge in [-0.2, -0.15) is 0 Å². The van der Waals surface area contributed by atoms with Gasteiger partial charge in [0.05, 0.1) is 16.6 Å². The van der Waals surface area contributed by atoms with Gasteiger partial charge in [-0.3, -0.25) is 9.69 Å². The summed E-state index contributed by atoms with van der Waals surface area (Å²) in [6, 6.07) is 5.44. The number of hydrogen-bond donors (Lipinski definition) is 1. The minimum Gasteiger partial charge on any atom is -0.340 e. The Morgan fingerprint density at radius 3 is 2.65 bits per heavy atom. The standard InChI is InChI=1S/C16H23Cl2N3O.ClH/c1-16(10-19)5-6-21(11-16)9-15(22)20(2)8-12-3-4-13(17)14(18)7-12;/h3-4,7H,5-6,8-11,19H2,1-2H3;1H. The molecule has 0 spiro atoms. The Morgan fingerprint density at radius 1 is 1.39 bits per heavy atom. The quantitative estimate of drug-likeness (QED) is 0.854. The van der Waals surface area contributed by atoms with Crippen molar-refractivity contribution in [3.8, 4) is 0 Å². The van der Waals surface area contributed by atoms with E-state index >= 15 is 0 Å². The van der Waals surface area contributed by atoms with E-state index in [1.165, 1.54) is 0 Å². The van der Waals surface area contributed by atoms with Crippen LogP contribution in [-0.4, -0.2) is 48.9 Å². The molecule has 1 aliphatic heterocycles. The zero-order valence-corrected chi connectivity index (χ0v) is 15.8. The second-order valence-corrected chi connectivity index (χ2v) is 7.29. The minimum atomic E-state index is 0. The summed E-state index contributed by atoms with van der Waals surface area (Å²) in [4.78, 5) is 16.2. The van der Waals surface area contributed by atoms with Crippen molar-refractivity contribution in [2.24, 2.45) is 11.1 Å². The fourth-order valence-electron chi connectivity index (χ4n) is 2.74. The van der Waals surface area contributed by atoms with E-state index in [9.17, 15) is 4.79 Å². The van der Waals surface area contributed by atoms with Crippen LogP contribution in [0.2, 0.25) is 10.0 Å². The highest BCUT2D eigenvalue weighted by Gasteiger charge is 2.33. The maximum absolute atomic E-state index is 12.3. The Balaban J connectivity index is 0.00000264. The fourth-order valence-corrected chi connectivity index (χ4v) is 3.06. The molecule has 23 heavy (non-hydrogen) atoms. The Morgan fingerprint density at radius 2 is 2.09 bits per heavy atom. The smallest absolute Gasteiger partial charge is 0.236 e. The van der Waals surface area contributed by atoms with Crippen LogP contribution < -0.4 is 5.73 Å². The zero-order valence-electron chi connectivity index (χ0n) is 13.5. The molecule has 2 rings (SSSR count). The van der Waals surface area contributed by atoms with Crippen LogP contribution in [0.3, 0.4) is 0 Å². The van der Waals surface area contributed by atoms with Crippen LogP contribution in [0.5, 0.6) is 0 Å². The number of benzene rings is 1. The summed E-state index contributed by atoms with van der Waals surface area (Å²) in [6.45, 7) is 5.62. The summed E-state index contributed by atoms with van der Waals surface area (Å²) in [5, 5.41) is 1.04. The number of halogens is 3. The fraction of sp³-hybridized carbons (Fsp3) is 0.562. The average Bonchev–Trinajstić information content (AvgIpc) is 2.85. The van der Waals surface area contributed by atoms with Crippen LogP contribution in [0.1, 0.15) is 18.9 Å². The zero-order chi connectivity index (χ0) is 16.3. The molecular weight excluding hydrogens is 357 g/mol. The van der Waals surface area contributed by atoms with E-state index in [2.05, 4.69) is 11.8 Å². The molecule has 1 fully saturated rings. The van der Waals surface area contributed by atoms with Crippen molar-refractivity contribution in [1.82, 2.24) is 9.80 Å². The van der Waals surface area contributed by atoms with Crippen LogP contribution >= 0.6 is 35.6 Å². The number of carbonyl (C=O) groups is 1. The molecule has 0 saturated carbocycles. The lowest BCUT2D eigenvalue weighted by Crippen LogP contribution is -2.39. The summed E-state index contributed by atoms with van der Waals surface area (Å²) in [5.74, 6) is 0.104. The second kappa shape index (κ2) is 8.54. The molecule has 0 aromatic heterocycles. The molecule has 1 saturated heterocycles. The van der Waals surface area contributed by atoms with Gasteiger partial charge >= 0.3 is 0 Å². The van der Waals surface area contributed by atoms with Gasteiger partial charge in [0.1, 0.15) is 0 Å². The minimum absolute atomic E-state index is 0.